The molecule has 2 aromatic heterocycles. The maximum Gasteiger partial charge on any atom is 0.179 e. The molecule has 0 aliphatic heterocycles. The van der Waals surface area contributed by atoms with Crippen LogP contribution in [0.5, 0.6) is 0 Å². The Morgan fingerprint density at radius 2 is 2.06 bits per heavy atom. The van der Waals surface area contributed by atoms with Crippen molar-refractivity contribution in [1.29, 1.82) is 0 Å². The van der Waals surface area contributed by atoms with E-state index in [1.807, 2.05) is 42.1 Å². The van der Waals surface area contributed by atoms with E-state index >= 15 is 0 Å². The normalized spacial score (nSPS) is 10.3. The highest BCUT2D eigenvalue weighted by molar-refractivity contribution is 5.94. The van der Waals surface area contributed by atoms with Crippen LogP contribution in [-0.2, 0) is 13.5 Å². The lowest BCUT2D eigenvalue weighted by molar-refractivity contribution is 0.0975. The van der Waals surface area contributed by atoms with Crippen LogP contribution in [0.2, 0.25) is 0 Å². The molecular formula is C13H14N2O. The van der Waals surface area contributed by atoms with Crippen molar-refractivity contribution in [3.05, 3.63) is 54.1 Å². The number of nitrogens with zero attached hydrogens (tertiary/aromatic N) is 2. The van der Waals surface area contributed by atoms with E-state index in [9.17, 15) is 4.79 Å². The van der Waals surface area contributed by atoms with Crippen molar-refractivity contribution < 1.29 is 4.79 Å². The molecule has 0 saturated heterocycles. The van der Waals surface area contributed by atoms with Gasteiger partial charge >= 0.3 is 0 Å². The average Bonchev–Trinajstić information content (AvgIpc) is 2.74. The minimum Gasteiger partial charge on any atom is -0.348 e. The first-order valence-electron chi connectivity index (χ1n) is 5.31. The summed E-state index contributed by atoms with van der Waals surface area (Å²) in [5.74, 6) is 0.185. The minimum atomic E-state index is 0.185. The van der Waals surface area contributed by atoms with Gasteiger partial charge in [0.2, 0.25) is 0 Å². The summed E-state index contributed by atoms with van der Waals surface area (Å²) >= 11 is 0. The van der Waals surface area contributed by atoms with Crippen LogP contribution in [0, 0.1) is 0 Å². The van der Waals surface area contributed by atoms with E-state index in [2.05, 4.69) is 4.98 Å². The number of rotatable bonds is 4. The molecule has 0 unspecified atom stereocenters. The van der Waals surface area contributed by atoms with Gasteiger partial charge in [0.15, 0.2) is 5.78 Å². The Bertz CT molecular complexity index is 474. The molecule has 0 bridgehead atoms. The molecule has 0 saturated carbocycles. The van der Waals surface area contributed by atoms with Crippen LogP contribution < -0.4 is 0 Å². The van der Waals surface area contributed by atoms with E-state index in [1.165, 1.54) is 0 Å². The summed E-state index contributed by atoms with van der Waals surface area (Å²) in [6.07, 6.45) is 6.71. The number of aryl methyl sites for hydroxylation is 2. The smallest absolute Gasteiger partial charge is 0.179 e. The third-order valence-corrected chi connectivity index (χ3v) is 2.62. The van der Waals surface area contributed by atoms with E-state index < -0.39 is 0 Å². The zero-order valence-electron chi connectivity index (χ0n) is 9.26. The van der Waals surface area contributed by atoms with Gasteiger partial charge in [-0.1, -0.05) is 0 Å². The fraction of sp³-hybridized carbons (Fsp3) is 0.231. The Balaban J connectivity index is 1.97. The molecule has 2 heterocycles. The maximum absolute atomic E-state index is 11.9. The zero-order valence-corrected chi connectivity index (χ0v) is 9.26. The number of hydrogen-bond acceptors (Lipinski definition) is 2. The van der Waals surface area contributed by atoms with Gasteiger partial charge in [-0.2, -0.15) is 0 Å². The van der Waals surface area contributed by atoms with Crippen molar-refractivity contribution in [2.24, 2.45) is 7.05 Å². The molecule has 2 rings (SSSR count). The predicted molar refractivity (Wildman–Crippen MR) is 62.3 cm³/mol. The van der Waals surface area contributed by atoms with Crippen molar-refractivity contribution in [1.82, 2.24) is 9.55 Å². The van der Waals surface area contributed by atoms with Gasteiger partial charge in [0.05, 0.1) is 5.69 Å². The summed E-state index contributed by atoms with van der Waals surface area (Å²) in [4.78, 5) is 15.8. The molecule has 0 aliphatic carbocycles. The Labute approximate surface area is 94.7 Å². The van der Waals surface area contributed by atoms with E-state index in [0.717, 1.165) is 17.7 Å². The van der Waals surface area contributed by atoms with Gasteiger partial charge in [-0.3, -0.25) is 9.78 Å². The second kappa shape index (κ2) is 4.75. The first kappa shape index (κ1) is 10.6. The van der Waals surface area contributed by atoms with Crippen molar-refractivity contribution in [3.63, 3.8) is 0 Å². The lowest BCUT2D eigenvalue weighted by atomic mass is 10.1. The lowest BCUT2D eigenvalue weighted by Crippen LogP contribution is -2.06. The molecule has 0 N–H and O–H groups in total. The Kier molecular flexibility index (Phi) is 3.15. The van der Waals surface area contributed by atoms with Crippen molar-refractivity contribution >= 4 is 5.78 Å². The highest BCUT2D eigenvalue weighted by atomic mass is 16.1. The molecule has 16 heavy (non-hydrogen) atoms. The van der Waals surface area contributed by atoms with Gasteiger partial charge in [0.1, 0.15) is 0 Å². The molecule has 3 nitrogen and oxygen atoms in total. The number of Topliss-reactive ketones (excluding diaryl/α,β-unsaturated/α-hetero) is 1. The minimum absolute atomic E-state index is 0.185. The number of pyridine rings is 1. The fourth-order valence-electron chi connectivity index (χ4n) is 1.69. The van der Waals surface area contributed by atoms with Gasteiger partial charge in [-0.05, 0) is 36.2 Å². The number of ketones is 1. The summed E-state index contributed by atoms with van der Waals surface area (Å²) in [6, 6.07) is 7.63. The van der Waals surface area contributed by atoms with Crippen LogP contribution in [0.15, 0.2) is 42.9 Å². The van der Waals surface area contributed by atoms with Crippen LogP contribution in [0.3, 0.4) is 0 Å². The number of hydrogen-bond donors (Lipinski definition) is 0. The first-order chi connectivity index (χ1) is 7.77. The first-order valence-corrected chi connectivity index (χ1v) is 5.31. The summed E-state index contributed by atoms with van der Waals surface area (Å²) in [5, 5.41) is 0. The van der Waals surface area contributed by atoms with Crippen LogP contribution in [0.25, 0.3) is 0 Å². The van der Waals surface area contributed by atoms with Crippen LogP contribution in [0.4, 0.5) is 0 Å². The van der Waals surface area contributed by atoms with Gasteiger partial charge < -0.3 is 4.57 Å². The zero-order chi connectivity index (χ0) is 11.4. The second-order valence-electron chi connectivity index (χ2n) is 3.78. The van der Waals surface area contributed by atoms with Crippen molar-refractivity contribution in [3.8, 4) is 0 Å². The lowest BCUT2D eigenvalue weighted by Gasteiger charge is -2.02. The molecule has 3 heteroatoms. The summed E-state index contributed by atoms with van der Waals surface area (Å²) < 4.78 is 1.86. The van der Waals surface area contributed by atoms with Gasteiger partial charge in [0, 0.05) is 32.1 Å². The quantitative estimate of drug-likeness (QED) is 0.731. The maximum atomic E-state index is 11.9. The number of carbonyl (C=O) groups excluding carboxylic acids is 1. The third kappa shape index (κ3) is 2.37. The van der Waals surface area contributed by atoms with E-state index in [1.54, 1.807) is 12.4 Å². The Morgan fingerprint density at radius 1 is 1.31 bits per heavy atom. The molecule has 0 spiro atoms. The van der Waals surface area contributed by atoms with E-state index in [0.29, 0.717) is 6.42 Å². The Morgan fingerprint density at radius 3 is 2.69 bits per heavy atom. The van der Waals surface area contributed by atoms with E-state index in [4.69, 9.17) is 0 Å². The van der Waals surface area contributed by atoms with Crippen LogP contribution in [-0.4, -0.2) is 15.3 Å². The topological polar surface area (TPSA) is 34.9 Å². The molecule has 0 atom stereocenters. The summed E-state index contributed by atoms with van der Waals surface area (Å²) in [6.45, 7) is 0. The van der Waals surface area contributed by atoms with Crippen molar-refractivity contribution in [2.45, 2.75) is 12.8 Å². The second-order valence-corrected chi connectivity index (χ2v) is 3.78. The van der Waals surface area contributed by atoms with Crippen molar-refractivity contribution in [2.75, 3.05) is 0 Å². The number of carbonyl (C=O) groups is 1. The Hall–Kier alpha value is -1.90. The SMILES string of the molecule is Cn1cccc1C(=O)CCc1ccncc1. The highest BCUT2D eigenvalue weighted by Gasteiger charge is 2.08. The average molecular weight is 214 g/mol. The molecule has 82 valence electrons. The van der Waals surface area contributed by atoms with Crippen LogP contribution >= 0.6 is 0 Å². The van der Waals surface area contributed by atoms with Gasteiger partial charge in [-0.25, -0.2) is 0 Å². The standard InChI is InChI=1S/C13H14N2O/c1-15-10-2-3-12(15)13(16)5-4-11-6-8-14-9-7-11/h2-3,6-10H,4-5H2,1H3. The summed E-state index contributed by atoms with van der Waals surface area (Å²) in [5.41, 5.74) is 1.92. The molecule has 0 amide bonds. The van der Waals surface area contributed by atoms with Gasteiger partial charge in [-0.15, -0.1) is 0 Å². The highest BCUT2D eigenvalue weighted by Crippen LogP contribution is 2.07. The fourth-order valence-corrected chi connectivity index (χ4v) is 1.69. The summed E-state index contributed by atoms with van der Waals surface area (Å²) in [7, 11) is 1.89. The molecule has 0 radical (unpaired) electrons. The predicted octanol–water partition coefficient (Wildman–Crippen LogP) is 2.24. The molecule has 0 aromatic carbocycles. The molecular weight excluding hydrogens is 200 g/mol. The largest absolute Gasteiger partial charge is 0.348 e. The van der Waals surface area contributed by atoms with E-state index in [-0.39, 0.29) is 5.78 Å². The van der Waals surface area contributed by atoms with Gasteiger partial charge in [0.25, 0.3) is 0 Å². The third-order valence-electron chi connectivity index (χ3n) is 2.62. The molecule has 0 aliphatic rings. The molecule has 0 fully saturated rings. The molecule has 2 aromatic rings. The van der Waals surface area contributed by atoms with Crippen LogP contribution in [0.1, 0.15) is 22.5 Å². The number of aromatic nitrogens is 2. The monoisotopic (exact) mass is 214 g/mol.